The molecule has 0 aliphatic heterocycles. The van der Waals surface area contributed by atoms with Crippen LogP contribution in [-0.4, -0.2) is 34.9 Å². The number of unbranched alkanes of at least 4 members (excludes halogenated alkanes) is 33. The van der Waals surface area contributed by atoms with Gasteiger partial charge in [0.05, 0.1) is 18.8 Å². The smallest absolute Gasteiger partial charge is 0.220 e. The van der Waals surface area contributed by atoms with Crippen LogP contribution in [0.25, 0.3) is 0 Å². The largest absolute Gasteiger partial charge is 0.394 e. The summed E-state index contributed by atoms with van der Waals surface area (Å²) in [5, 5.41) is 23.0. The summed E-state index contributed by atoms with van der Waals surface area (Å²) in [4.78, 5) is 12.4. The number of carbonyl (C=O) groups is 1. The van der Waals surface area contributed by atoms with Gasteiger partial charge < -0.3 is 15.5 Å². The fraction of sp³-hybridized carbons (Fsp3) is 0.860. The van der Waals surface area contributed by atoms with Crippen molar-refractivity contribution in [1.29, 1.82) is 0 Å². The number of amides is 1. The van der Waals surface area contributed by atoms with Crippen LogP contribution in [0.3, 0.4) is 0 Å². The van der Waals surface area contributed by atoms with Crippen LogP contribution < -0.4 is 5.32 Å². The zero-order valence-electron chi connectivity index (χ0n) is 36.5. The van der Waals surface area contributed by atoms with Crippen LogP contribution in [0, 0.1) is 0 Å². The van der Waals surface area contributed by atoms with E-state index < -0.39 is 12.1 Å². The van der Waals surface area contributed by atoms with Crippen molar-refractivity contribution in [3.8, 4) is 0 Å². The molecule has 1 amide bonds. The molecular weight excluding hydrogens is 663 g/mol. The van der Waals surface area contributed by atoms with Gasteiger partial charge in [0.2, 0.25) is 5.91 Å². The molecule has 2 unspecified atom stereocenters. The molecule has 318 valence electrons. The van der Waals surface area contributed by atoms with Gasteiger partial charge in [0.25, 0.3) is 0 Å². The Labute approximate surface area is 338 Å². The van der Waals surface area contributed by atoms with E-state index in [4.69, 9.17) is 0 Å². The minimum absolute atomic E-state index is 0.0748. The second-order valence-electron chi connectivity index (χ2n) is 16.5. The molecule has 0 radical (unpaired) electrons. The Hall–Kier alpha value is -1.39. The summed E-state index contributed by atoms with van der Waals surface area (Å²) >= 11 is 0. The van der Waals surface area contributed by atoms with Crippen molar-refractivity contribution in [2.45, 2.75) is 270 Å². The molecule has 4 heteroatoms. The maximum Gasteiger partial charge on any atom is 0.220 e. The Morgan fingerprint density at radius 3 is 1.07 bits per heavy atom. The van der Waals surface area contributed by atoms with Gasteiger partial charge in [-0.3, -0.25) is 4.79 Å². The van der Waals surface area contributed by atoms with Crippen LogP contribution in [0.5, 0.6) is 0 Å². The molecule has 4 nitrogen and oxygen atoms in total. The number of aliphatic hydroxyl groups excluding tert-OH is 2. The molecule has 0 aliphatic rings. The third kappa shape index (κ3) is 41.8. The molecule has 0 spiro atoms. The summed E-state index contributed by atoms with van der Waals surface area (Å²) in [7, 11) is 0. The van der Waals surface area contributed by atoms with Crippen LogP contribution in [0.4, 0.5) is 0 Å². The van der Waals surface area contributed by atoms with E-state index in [1.807, 2.05) is 6.08 Å². The van der Waals surface area contributed by atoms with Gasteiger partial charge in [-0.05, 0) is 44.9 Å². The third-order valence-corrected chi connectivity index (χ3v) is 11.1. The molecule has 0 aromatic rings. The highest BCUT2D eigenvalue weighted by Crippen LogP contribution is 2.16. The summed E-state index contributed by atoms with van der Waals surface area (Å²) in [6.07, 6.45) is 61.3. The van der Waals surface area contributed by atoms with Gasteiger partial charge >= 0.3 is 0 Å². The molecule has 0 aliphatic carbocycles. The first kappa shape index (κ1) is 52.6. The van der Waals surface area contributed by atoms with E-state index in [0.717, 1.165) is 38.5 Å². The lowest BCUT2D eigenvalue weighted by atomic mass is 10.0. The van der Waals surface area contributed by atoms with E-state index in [1.54, 1.807) is 6.08 Å². The average molecular weight is 758 g/mol. The van der Waals surface area contributed by atoms with Crippen molar-refractivity contribution in [3.05, 3.63) is 36.5 Å². The summed E-state index contributed by atoms with van der Waals surface area (Å²) < 4.78 is 0. The molecule has 0 rings (SSSR count). The number of carbonyl (C=O) groups excluding carboxylic acids is 1. The quantitative estimate of drug-likeness (QED) is 0.0428. The molecule has 54 heavy (non-hydrogen) atoms. The van der Waals surface area contributed by atoms with E-state index >= 15 is 0 Å². The Bertz CT molecular complexity index is 821. The topological polar surface area (TPSA) is 69.6 Å². The van der Waals surface area contributed by atoms with E-state index in [2.05, 4.69) is 43.5 Å². The summed E-state index contributed by atoms with van der Waals surface area (Å²) in [5.74, 6) is -0.0748. The molecule has 3 N–H and O–H groups in total. The van der Waals surface area contributed by atoms with Gasteiger partial charge in [0, 0.05) is 6.42 Å². The Kier molecular flexibility index (Phi) is 44.8. The van der Waals surface area contributed by atoms with Crippen LogP contribution in [-0.2, 0) is 4.79 Å². The zero-order chi connectivity index (χ0) is 39.3. The molecule has 0 aromatic carbocycles. The molecule has 0 heterocycles. The number of rotatable bonds is 44. The second-order valence-corrected chi connectivity index (χ2v) is 16.5. The fourth-order valence-corrected chi connectivity index (χ4v) is 7.39. The van der Waals surface area contributed by atoms with Gasteiger partial charge in [-0.25, -0.2) is 0 Å². The van der Waals surface area contributed by atoms with Crippen LogP contribution >= 0.6 is 0 Å². The van der Waals surface area contributed by atoms with Crippen molar-refractivity contribution in [3.63, 3.8) is 0 Å². The maximum atomic E-state index is 12.4. The molecule has 0 fully saturated rings. The van der Waals surface area contributed by atoms with Crippen molar-refractivity contribution < 1.29 is 15.0 Å². The summed E-state index contributed by atoms with van der Waals surface area (Å²) in [6, 6.07) is -0.642. The van der Waals surface area contributed by atoms with Crippen molar-refractivity contribution in [2.75, 3.05) is 6.61 Å². The molecule has 0 saturated carbocycles. The molecule has 2 atom stereocenters. The SMILES string of the molecule is CCCCCCCCCCCCCCCCC/C=C/CC/C=C/CC/C=C/C(O)C(CO)NC(=O)CCCCCCCCCCCCCCCCCCC. The van der Waals surface area contributed by atoms with Crippen LogP contribution in [0.2, 0.25) is 0 Å². The second kappa shape index (κ2) is 46.0. The zero-order valence-corrected chi connectivity index (χ0v) is 36.5. The van der Waals surface area contributed by atoms with Gasteiger partial charge in [-0.15, -0.1) is 0 Å². The lowest BCUT2D eigenvalue weighted by molar-refractivity contribution is -0.123. The van der Waals surface area contributed by atoms with Gasteiger partial charge in [-0.2, -0.15) is 0 Å². The first-order valence-corrected chi connectivity index (χ1v) is 24.2. The number of aliphatic hydroxyl groups is 2. The lowest BCUT2D eigenvalue weighted by Gasteiger charge is -2.19. The van der Waals surface area contributed by atoms with Crippen molar-refractivity contribution in [2.24, 2.45) is 0 Å². The summed E-state index contributed by atoms with van der Waals surface area (Å²) in [5.41, 5.74) is 0. The molecular formula is C50H95NO3. The minimum atomic E-state index is -0.867. The van der Waals surface area contributed by atoms with Gasteiger partial charge in [0.15, 0.2) is 0 Å². The highest BCUT2D eigenvalue weighted by atomic mass is 16.3. The van der Waals surface area contributed by atoms with Crippen LogP contribution in [0.15, 0.2) is 36.5 Å². The Morgan fingerprint density at radius 1 is 0.426 bits per heavy atom. The lowest BCUT2D eigenvalue weighted by Crippen LogP contribution is -2.45. The molecule has 0 saturated heterocycles. The maximum absolute atomic E-state index is 12.4. The van der Waals surface area contributed by atoms with Crippen LogP contribution in [0.1, 0.15) is 258 Å². The van der Waals surface area contributed by atoms with E-state index in [-0.39, 0.29) is 12.5 Å². The monoisotopic (exact) mass is 758 g/mol. The fourth-order valence-electron chi connectivity index (χ4n) is 7.39. The molecule has 0 aromatic heterocycles. The predicted molar refractivity (Wildman–Crippen MR) is 239 cm³/mol. The van der Waals surface area contributed by atoms with Crippen molar-refractivity contribution in [1.82, 2.24) is 5.32 Å². The first-order valence-electron chi connectivity index (χ1n) is 24.2. The minimum Gasteiger partial charge on any atom is -0.394 e. The third-order valence-electron chi connectivity index (χ3n) is 11.1. The molecule has 0 bridgehead atoms. The van der Waals surface area contributed by atoms with E-state index in [9.17, 15) is 15.0 Å². The number of nitrogens with one attached hydrogen (secondary N) is 1. The standard InChI is InChI=1S/C50H95NO3/c1-3-5-7-9-11-13-15-17-19-21-22-23-24-25-26-27-28-30-31-33-35-37-39-41-43-45-49(53)48(47-52)51-50(54)46-44-42-40-38-36-34-32-29-20-18-16-14-12-10-8-6-4-2/h28,30,35,37,43,45,48-49,52-53H,3-27,29,31-34,36,38-42,44,46-47H2,1-2H3,(H,51,54)/b30-28+,37-35+,45-43+. The number of hydrogen-bond donors (Lipinski definition) is 3. The predicted octanol–water partition coefficient (Wildman–Crippen LogP) is 15.4. The van der Waals surface area contributed by atoms with E-state index in [0.29, 0.717) is 6.42 Å². The average Bonchev–Trinajstić information content (AvgIpc) is 3.18. The highest BCUT2D eigenvalue weighted by Gasteiger charge is 2.17. The van der Waals surface area contributed by atoms with Gasteiger partial charge in [0.1, 0.15) is 0 Å². The first-order chi connectivity index (χ1) is 26.7. The number of allylic oxidation sites excluding steroid dienone is 5. The highest BCUT2D eigenvalue weighted by molar-refractivity contribution is 5.76. The number of hydrogen-bond acceptors (Lipinski definition) is 3. The Balaban J connectivity index is 3.59. The Morgan fingerprint density at radius 2 is 0.722 bits per heavy atom. The van der Waals surface area contributed by atoms with E-state index in [1.165, 1.54) is 199 Å². The van der Waals surface area contributed by atoms with Crippen molar-refractivity contribution >= 4 is 5.91 Å². The van der Waals surface area contributed by atoms with Gasteiger partial charge in [-0.1, -0.05) is 243 Å². The summed E-state index contributed by atoms with van der Waals surface area (Å²) in [6.45, 7) is 4.31. The normalized spacial score (nSPS) is 13.2.